The molecular formula is C19H23FN4O4S. The monoisotopic (exact) mass is 422 g/mol. The van der Waals surface area contributed by atoms with Gasteiger partial charge in [-0.05, 0) is 61.9 Å². The quantitative estimate of drug-likeness (QED) is 0.616. The average molecular weight is 422 g/mol. The van der Waals surface area contributed by atoms with E-state index in [0.29, 0.717) is 16.7 Å². The first-order valence-corrected chi connectivity index (χ1v) is 10.1. The van der Waals surface area contributed by atoms with Crippen LogP contribution in [0.2, 0.25) is 0 Å². The number of hydrogen-bond donors (Lipinski definition) is 3. The van der Waals surface area contributed by atoms with Crippen LogP contribution in [0.15, 0.2) is 41.3 Å². The third-order valence-electron chi connectivity index (χ3n) is 4.51. The molecule has 5 N–H and O–H groups in total. The van der Waals surface area contributed by atoms with E-state index in [0.717, 1.165) is 0 Å². The number of amides is 2. The molecule has 0 aliphatic heterocycles. The lowest BCUT2D eigenvalue weighted by Crippen LogP contribution is -2.39. The number of primary amides is 1. The Bertz CT molecular complexity index is 1060. The summed E-state index contributed by atoms with van der Waals surface area (Å²) in [5.41, 5.74) is 7.35. The molecule has 0 spiro atoms. The summed E-state index contributed by atoms with van der Waals surface area (Å²) in [5, 5.41) is 7.80. The Labute approximate surface area is 168 Å². The molecule has 156 valence electrons. The number of carbonyl (C=O) groups excluding carboxylic acids is 2. The van der Waals surface area contributed by atoms with E-state index in [-0.39, 0.29) is 17.1 Å². The number of primary sulfonamides is 1. The molecule has 0 saturated heterocycles. The topological polar surface area (TPSA) is 136 Å². The molecule has 29 heavy (non-hydrogen) atoms. The summed E-state index contributed by atoms with van der Waals surface area (Å²) < 4.78 is 36.8. The molecule has 0 aliphatic carbocycles. The number of benzene rings is 2. The zero-order chi connectivity index (χ0) is 21.9. The van der Waals surface area contributed by atoms with E-state index in [1.165, 1.54) is 48.3 Å². The first-order chi connectivity index (χ1) is 13.4. The van der Waals surface area contributed by atoms with Crippen molar-refractivity contribution in [2.75, 3.05) is 18.9 Å². The highest BCUT2D eigenvalue weighted by molar-refractivity contribution is 7.89. The van der Waals surface area contributed by atoms with E-state index < -0.39 is 33.7 Å². The zero-order valence-electron chi connectivity index (χ0n) is 16.3. The number of anilines is 1. The molecular weight excluding hydrogens is 399 g/mol. The highest BCUT2D eigenvalue weighted by Crippen LogP contribution is 2.24. The Balaban J connectivity index is 2.24. The fourth-order valence-corrected chi connectivity index (χ4v) is 3.56. The molecule has 0 aliphatic rings. The van der Waals surface area contributed by atoms with Crippen molar-refractivity contribution in [3.05, 3.63) is 58.9 Å². The summed E-state index contributed by atoms with van der Waals surface area (Å²) in [7, 11) is -2.45. The van der Waals surface area contributed by atoms with E-state index >= 15 is 0 Å². The maximum atomic E-state index is 13.5. The summed E-state index contributed by atoms with van der Waals surface area (Å²) >= 11 is 0. The first-order valence-electron chi connectivity index (χ1n) is 8.59. The Morgan fingerprint density at radius 3 is 2.41 bits per heavy atom. The Morgan fingerprint density at radius 1 is 1.21 bits per heavy atom. The number of sulfonamides is 1. The van der Waals surface area contributed by atoms with Crippen LogP contribution in [0.4, 0.5) is 10.1 Å². The molecule has 1 atom stereocenters. The normalized spacial score (nSPS) is 12.6. The van der Waals surface area contributed by atoms with Gasteiger partial charge in [0.2, 0.25) is 21.8 Å². The van der Waals surface area contributed by atoms with Gasteiger partial charge in [0, 0.05) is 5.69 Å². The minimum Gasteiger partial charge on any atom is -0.368 e. The van der Waals surface area contributed by atoms with Crippen LogP contribution in [0.5, 0.6) is 0 Å². The molecule has 0 bridgehead atoms. The van der Waals surface area contributed by atoms with Gasteiger partial charge in [-0.3, -0.25) is 14.5 Å². The van der Waals surface area contributed by atoms with Gasteiger partial charge in [-0.15, -0.1) is 0 Å². The second kappa shape index (κ2) is 8.68. The minimum absolute atomic E-state index is 0.126. The lowest BCUT2D eigenvalue weighted by atomic mass is 10.0. The number of aryl methyl sites for hydroxylation is 1. The molecule has 0 heterocycles. The SMILES string of the molecule is Cc1cc(S(N)(=O)=O)cc(NC(=O)CN(C)C(C(N)=O)c2cccc(F)c2)c1C. The molecule has 2 aromatic carbocycles. The fourth-order valence-electron chi connectivity index (χ4n) is 2.94. The van der Waals surface area contributed by atoms with Crippen molar-refractivity contribution in [1.29, 1.82) is 0 Å². The summed E-state index contributed by atoms with van der Waals surface area (Å²) in [6.45, 7) is 3.17. The van der Waals surface area contributed by atoms with Crippen LogP contribution in [0, 0.1) is 19.7 Å². The van der Waals surface area contributed by atoms with E-state index in [4.69, 9.17) is 10.9 Å². The molecule has 8 nitrogen and oxygen atoms in total. The number of nitrogens with one attached hydrogen (secondary N) is 1. The van der Waals surface area contributed by atoms with Gasteiger partial charge in [-0.2, -0.15) is 0 Å². The largest absolute Gasteiger partial charge is 0.368 e. The number of likely N-dealkylation sites (N-methyl/N-ethyl adjacent to an activating group) is 1. The second-order valence-electron chi connectivity index (χ2n) is 6.78. The molecule has 0 radical (unpaired) electrons. The van der Waals surface area contributed by atoms with Crippen LogP contribution >= 0.6 is 0 Å². The predicted molar refractivity (Wildman–Crippen MR) is 107 cm³/mol. The van der Waals surface area contributed by atoms with Crippen molar-refractivity contribution in [3.8, 4) is 0 Å². The molecule has 2 amide bonds. The summed E-state index contributed by atoms with van der Waals surface area (Å²) in [6, 6.07) is 7.06. The highest BCUT2D eigenvalue weighted by atomic mass is 32.2. The number of carbonyl (C=O) groups is 2. The van der Waals surface area contributed by atoms with Crippen molar-refractivity contribution in [2.24, 2.45) is 10.9 Å². The molecule has 10 heteroatoms. The van der Waals surface area contributed by atoms with Gasteiger partial charge < -0.3 is 11.1 Å². The number of halogens is 1. The van der Waals surface area contributed by atoms with Crippen LogP contribution in [0.1, 0.15) is 22.7 Å². The van der Waals surface area contributed by atoms with Crippen LogP contribution in [0.3, 0.4) is 0 Å². The highest BCUT2D eigenvalue weighted by Gasteiger charge is 2.25. The summed E-state index contributed by atoms with van der Waals surface area (Å²) in [6.07, 6.45) is 0. The van der Waals surface area contributed by atoms with Crippen molar-refractivity contribution in [2.45, 2.75) is 24.8 Å². The van der Waals surface area contributed by atoms with Gasteiger partial charge in [-0.1, -0.05) is 12.1 Å². The van der Waals surface area contributed by atoms with Gasteiger partial charge in [0.05, 0.1) is 11.4 Å². The number of nitrogens with zero attached hydrogens (tertiary/aromatic N) is 1. The summed E-state index contributed by atoms with van der Waals surface area (Å²) in [5.74, 6) is -1.78. The predicted octanol–water partition coefficient (Wildman–Crippen LogP) is 1.19. The molecule has 0 saturated carbocycles. The molecule has 2 aromatic rings. The van der Waals surface area contributed by atoms with E-state index in [1.807, 2.05) is 0 Å². The van der Waals surface area contributed by atoms with Gasteiger partial charge in [0.25, 0.3) is 0 Å². The van der Waals surface area contributed by atoms with Gasteiger partial charge >= 0.3 is 0 Å². The lowest BCUT2D eigenvalue weighted by molar-refractivity contribution is -0.124. The van der Waals surface area contributed by atoms with Gasteiger partial charge in [0.1, 0.15) is 11.9 Å². The van der Waals surface area contributed by atoms with E-state index in [2.05, 4.69) is 5.32 Å². The van der Waals surface area contributed by atoms with Gasteiger partial charge in [-0.25, -0.2) is 17.9 Å². The van der Waals surface area contributed by atoms with Crippen molar-refractivity contribution in [1.82, 2.24) is 4.90 Å². The maximum Gasteiger partial charge on any atom is 0.239 e. The average Bonchev–Trinajstić information content (AvgIpc) is 2.57. The third-order valence-corrected chi connectivity index (χ3v) is 5.40. The number of rotatable bonds is 7. The smallest absolute Gasteiger partial charge is 0.239 e. The lowest BCUT2D eigenvalue weighted by Gasteiger charge is -2.25. The third kappa shape index (κ3) is 5.59. The van der Waals surface area contributed by atoms with Crippen LogP contribution in [-0.4, -0.2) is 38.7 Å². The zero-order valence-corrected chi connectivity index (χ0v) is 17.1. The first kappa shape index (κ1) is 22.5. The van der Waals surface area contributed by atoms with Crippen LogP contribution < -0.4 is 16.2 Å². The number of nitrogens with two attached hydrogens (primary N) is 2. The summed E-state index contributed by atoms with van der Waals surface area (Å²) in [4.78, 5) is 25.7. The van der Waals surface area contributed by atoms with Crippen LogP contribution in [0.25, 0.3) is 0 Å². The molecule has 0 fully saturated rings. The standard InChI is InChI=1S/C19H23FN4O4S/c1-11-7-15(29(22,27)28)9-16(12(11)2)23-17(25)10-24(3)18(19(21)26)13-5-4-6-14(20)8-13/h4-9,18H,10H2,1-3H3,(H2,21,26)(H,23,25)(H2,22,27,28). The van der Waals surface area contributed by atoms with Crippen molar-refractivity contribution >= 4 is 27.5 Å². The molecule has 0 aromatic heterocycles. The molecule has 2 rings (SSSR count). The minimum atomic E-state index is -3.95. The maximum absolute atomic E-state index is 13.5. The fraction of sp³-hybridized carbons (Fsp3) is 0.263. The van der Waals surface area contributed by atoms with Gasteiger partial charge in [0.15, 0.2) is 0 Å². The van der Waals surface area contributed by atoms with Crippen molar-refractivity contribution < 1.29 is 22.4 Å². The van der Waals surface area contributed by atoms with E-state index in [9.17, 15) is 22.4 Å². The molecule has 1 unspecified atom stereocenters. The Morgan fingerprint density at radius 2 is 1.86 bits per heavy atom. The second-order valence-corrected chi connectivity index (χ2v) is 8.34. The van der Waals surface area contributed by atoms with Crippen LogP contribution in [-0.2, 0) is 19.6 Å². The Kier molecular flexibility index (Phi) is 6.73. The Hall–Kier alpha value is -2.82. The van der Waals surface area contributed by atoms with Crippen molar-refractivity contribution in [3.63, 3.8) is 0 Å². The number of hydrogen-bond acceptors (Lipinski definition) is 5. The van der Waals surface area contributed by atoms with E-state index in [1.54, 1.807) is 13.8 Å².